The monoisotopic (exact) mass is 510 g/mol. The van der Waals surface area contributed by atoms with Crippen LogP contribution in [-0.2, 0) is 19.2 Å². The second-order valence-corrected chi connectivity index (χ2v) is 15.1. The Bertz CT molecular complexity index is 886. The van der Waals surface area contributed by atoms with Gasteiger partial charge in [-0.1, -0.05) is 34.2 Å². The van der Waals surface area contributed by atoms with Crippen molar-refractivity contribution in [1.82, 2.24) is 0 Å². The smallest absolute Gasteiger partial charge is 0.339 e. The third kappa shape index (κ3) is 7.15. The minimum atomic E-state index is -3.91. The zero-order valence-electron chi connectivity index (χ0n) is 14.8. The normalized spacial score (nSPS) is 13.9. The van der Waals surface area contributed by atoms with E-state index in [1.807, 2.05) is 13.8 Å². The minimum Gasteiger partial charge on any atom is -0.379 e. The molecule has 1 unspecified atom stereocenters. The van der Waals surface area contributed by atoms with Crippen LogP contribution in [0.25, 0.3) is 0 Å². The molecule has 0 bridgehead atoms. The van der Waals surface area contributed by atoms with Gasteiger partial charge in [0.25, 0.3) is 0 Å². The SMILES string of the molecule is CCCSP(=O)(OCC)Sc1ccc(OS(=O)(=O)c2ccc(Br)cc2)cc1. The Labute approximate surface area is 176 Å². The fourth-order valence-electron chi connectivity index (χ4n) is 1.91. The first-order valence-electron chi connectivity index (χ1n) is 8.17. The van der Waals surface area contributed by atoms with Crippen molar-refractivity contribution >= 4 is 54.6 Å². The van der Waals surface area contributed by atoms with E-state index in [0.29, 0.717) is 6.61 Å². The Hall–Kier alpha value is -0.440. The summed E-state index contributed by atoms with van der Waals surface area (Å²) in [5, 5.41) is 0. The van der Waals surface area contributed by atoms with Crippen molar-refractivity contribution in [3.8, 4) is 5.75 Å². The van der Waals surface area contributed by atoms with Gasteiger partial charge in [-0.15, -0.1) is 0 Å². The predicted octanol–water partition coefficient (Wildman–Crippen LogP) is 6.60. The first-order valence-corrected chi connectivity index (χ1v) is 15.0. The molecular weight excluding hydrogens is 491 g/mol. The summed E-state index contributed by atoms with van der Waals surface area (Å²) in [6.07, 6.45) is 0.906. The van der Waals surface area contributed by atoms with Crippen molar-refractivity contribution in [3.05, 3.63) is 53.0 Å². The van der Waals surface area contributed by atoms with Crippen LogP contribution in [0, 0.1) is 0 Å². The maximum absolute atomic E-state index is 12.8. The molecular formula is C17H20BrO5PS3. The summed E-state index contributed by atoms with van der Waals surface area (Å²) in [5.74, 6) is -1.96. The molecule has 0 N–H and O–H groups in total. The number of hydrogen-bond donors (Lipinski definition) is 0. The molecule has 2 aromatic carbocycles. The van der Waals surface area contributed by atoms with Gasteiger partial charge in [-0.3, -0.25) is 4.57 Å². The Morgan fingerprint density at radius 2 is 1.67 bits per heavy atom. The van der Waals surface area contributed by atoms with E-state index in [4.69, 9.17) is 8.71 Å². The van der Waals surface area contributed by atoms with Crippen LogP contribution in [-0.4, -0.2) is 20.8 Å². The molecule has 0 spiro atoms. The Morgan fingerprint density at radius 1 is 1.04 bits per heavy atom. The van der Waals surface area contributed by atoms with Crippen LogP contribution in [0.3, 0.4) is 0 Å². The van der Waals surface area contributed by atoms with Crippen molar-refractivity contribution in [1.29, 1.82) is 0 Å². The fourth-order valence-corrected chi connectivity index (χ4v) is 9.98. The van der Waals surface area contributed by atoms with E-state index in [9.17, 15) is 13.0 Å². The van der Waals surface area contributed by atoms with Crippen molar-refractivity contribution < 1.29 is 21.7 Å². The highest BCUT2D eigenvalue weighted by Gasteiger charge is 2.25. The number of benzene rings is 2. The molecule has 0 aliphatic carbocycles. The van der Waals surface area contributed by atoms with Gasteiger partial charge in [0.2, 0.25) is 0 Å². The molecule has 0 aliphatic rings. The third-order valence-corrected chi connectivity index (χ3v) is 12.1. The van der Waals surface area contributed by atoms with E-state index in [1.54, 1.807) is 36.4 Å². The highest BCUT2D eigenvalue weighted by atomic mass is 79.9. The molecule has 1 atom stereocenters. The second kappa shape index (κ2) is 10.4. The topological polar surface area (TPSA) is 69.7 Å². The largest absolute Gasteiger partial charge is 0.379 e. The van der Waals surface area contributed by atoms with Gasteiger partial charge in [0.15, 0.2) is 0 Å². The standard InChI is InChI=1S/C17H20BrO5PS3/c1-3-13-25-24(19,22-4-2)26-16-9-7-15(8-10-16)23-27(20,21)17-11-5-14(18)6-12-17/h5-12H,3-4,13H2,1-2H3. The summed E-state index contributed by atoms with van der Waals surface area (Å²) in [6, 6.07) is 12.6. The van der Waals surface area contributed by atoms with Crippen LogP contribution in [0.2, 0.25) is 0 Å². The van der Waals surface area contributed by atoms with E-state index in [2.05, 4.69) is 15.9 Å². The summed E-state index contributed by atoms with van der Waals surface area (Å²) in [7, 11) is -3.91. The first kappa shape index (κ1) is 22.8. The highest BCUT2D eigenvalue weighted by molar-refractivity contribution is 9.10. The zero-order valence-corrected chi connectivity index (χ0v) is 19.8. The summed E-state index contributed by atoms with van der Waals surface area (Å²) < 4.78 is 48.9. The quantitative estimate of drug-likeness (QED) is 0.263. The van der Waals surface area contributed by atoms with Gasteiger partial charge in [0.1, 0.15) is 10.6 Å². The van der Waals surface area contributed by atoms with Gasteiger partial charge in [-0.2, -0.15) is 8.42 Å². The van der Waals surface area contributed by atoms with E-state index >= 15 is 0 Å². The highest BCUT2D eigenvalue weighted by Crippen LogP contribution is 2.72. The van der Waals surface area contributed by atoms with Crippen molar-refractivity contribution in [2.24, 2.45) is 0 Å². The zero-order chi connectivity index (χ0) is 19.9. The van der Waals surface area contributed by atoms with Crippen LogP contribution < -0.4 is 4.18 Å². The number of rotatable bonds is 10. The lowest BCUT2D eigenvalue weighted by Gasteiger charge is -2.16. The van der Waals surface area contributed by atoms with E-state index < -0.39 is 15.9 Å². The molecule has 2 aromatic rings. The van der Waals surface area contributed by atoms with E-state index in [0.717, 1.165) is 21.5 Å². The van der Waals surface area contributed by atoms with Crippen LogP contribution in [0.1, 0.15) is 20.3 Å². The lowest BCUT2D eigenvalue weighted by Crippen LogP contribution is -2.09. The Balaban J connectivity index is 2.10. The molecule has 5 nitrogen and oxygen atoms in total. The van der Waals surface area contributed by atoms with Crippen molar-refractivity contribution in [2.45, 2.75) is 30.1 Å². The lowest BCUT2D eigenvalue weighted by molar-refractivity contribution is 0.357. The Morgan fingerprint density at radius 3 is 2.22 bits per heavy atom. The summed E-state index contributed by atoms with van der Waals surface area (Å²) in [4.78, 5) is 0.796. The van der Waals surface area contributed by atoms with Gasteiger partial charge in [0, 0.05) is 15.1 Å². The van der Waals surface area contributed by atoms with Gasteiger partial charge in [-0.25, -0.2) is 0 Å². The van der Waals surface area contributed by atoms with Gasteiger partial charge < -0.3 is 8.71 Å². The van der Waals surface area contributed by atoms with Crippen LogP contribution in [0.15, 0.2) is 62.8 Å². The molecule has 0 fully saturated rings. The van der Waals surface area contributed by atoms with Crippen molar-refractivity contribution in [3.63, 3.8) is 0 Å². The molecule has 10 heteroatoms. The first-order chi connectivity index (χ1) is 12.8. The lowest BCUT2D eigenvalue weighted by atomic mass is 10.3. The maximum Gasteiger partial charge on any atom is 0.339 e. The molecule has 0 saturated carbocycles. The van der Waals surface area contributed by atoms with Crippen LogP contribution >= 0.6 is 44.5 Å². The van der Waals surface area contributed by atoms with Gasteiger partial charge in [0.05, 0.1) is 6.61 Å². The molecule has 0 saturated heterocycles. The average Bonchev–Trinajstić information content (AvgIpc) is 2.62. The molecule has 0 aromatic heterocycles. The van der Waals surface area contributed by atoms with E-state index in [1.165, 1.54) is 34.9 Å². The number of halogens is 1. The predicted molar refractivity (Wildman–Crippen MR) is 116 cm³/mol. The molecule has 0 aliphatic heterocycles. The maximum atomic E-state index is 12.8. The van der Waals surface area contributed by atoms with E-state index in [-0.39, 0.29) is 10.6 Å². The summed E-state index contributed by atoms with van der Waals surface area (Å²) in [6.45, 7) is 4.20. The summed E-state index contributed by atoms with van der Waals surface area (Å²) in [5.41, 5.74) is 0. The third-order valence-electron chi connectivity index (χ3n) is 3.09. The van der Waals surface area contributed by atoms with Gasteiger partial charge >= 0.3 is 15.9 Å². The number of hydrogen-bond acceptors (Lipinski definition) is 7. The molecule has 0 amide bonds. The molecule has 148 valence electrons. The minimum absolute atomic E-state index is 0.0703. The summed E-state index contributed by atoms with van der Waals surface area (Å²) >= 11 is 5.75. The molecule has 27 heavy (non-hydrogen) atoms. The second-order valence-electron chi connectivity index (χ2n) is 5.25. The molecule has 0 radical (unpaired) electrons. The molecule has 0 heterocycles. The van der Waals surface area contributed by atoms with Crippen LogP contribution in [0.4, 0.5) is 0 Å². The van der Waals surface area contributed by atoms with Crippen molar-refractivity contribution in [2.75, 3.05) is 12.4 Å². The fraction of sp³-hybridized carbons (Fsp3) is 0.294. The van der Waals surface area contributed by atoms with Crippen LogP contribution in [0.5, 0.6) is 5.75 Å². The molecule has 2 rings (SSSR count). The Kier molecular flexibility index (Phi) is 8.77. The average molecular weight is 511 g/mol. The van der Waals surface area contributed by atoms with Gasteiger partial charge in [-0.05, 0) is 73.3 Å².